The first-order chi connectivity index (χ1) is 7.27. The molecule has 1 aliphatic rings. The topological polar surface area (TPSA) is 3.24 Å². The lowest BCUT2D eigenvalue weighted by Crippen LogP contribution is -2.30. The second-order valence-electron chi connectivity index (χ2n) is 4.33. The molecule has 2 heteroatoms. The molecule has 1 heterocycles. The molecule has 1 nitrogen and oxygen atoms in total. The summed E-state index contributed by atoms with van der Waals surface area (Å²) in [5.41, 5.74) is 1.46. The highest BCUT2D eigenvalue weighted by atomic mass is 32.2. The van der Waals surface area contributed by atoms with Crippen LogP contribution in [0.2, 0.25) is 0 Å². The first-order valence-electron chi connectivity index (χ1n) is 5.65. The van der Waals surface area contributed by atoms with Crippen LogP contribution in [0.4, 0.5) is 0 Å². The van der Waals surface area contributed by atoms with Gasteiger partial charge in [-0.1, -0.05) is 30.3 Å². The molecule has 15 heavy (non-hydrogen) atoms. The second kappa shape index (κ2) is 5.04. The van der Waals surface area contributed by atoms with Crippen LogP contribution in [0.25, 0.3) is 0 Å². The maximum atomic E-state index is 2.51. The number of aryl methyl sites for hydroxylation is 1. The molecule has 1 fully saturated rings. The molecule has 0 aromatic heterocycles. The lowest BCUT2D eigenvalue weighted by molar-refractivity contribution is 0.270. The highest BCUT2D eigenvalue weighted by molar-refractivity contribution is 8.00. The van der Waals surface area contributed by atoms with E-state index in [-0.39, 0.29) is 0 Å². The highest BCUT2D eigenvalue weighted by Crippen LogP contribution is 2.30. The van der Waals surface area contributed by atoms with Crippen molar-refractivity contribution in [1.29, 1.82) is 0 Å². The predicted octanol–water partition coefficient (Wildman–Crippen LogP) is 3.01. The number of rotatable bonds is 3. The summed E-state index contributed by atoms with van der Waals surface area (Å²) in [4.78, 5) is 2.51. The van der Waals surface area contributed by atoms with Crippen molar-refractivity contribution >= 4 is 11.8 Å². The van der Waals surface area contributed by atoms with Crippen molar-refractivity contribution in [2.45, 2.75) is 31.2 Å². The molecule has 0 spiro atoms. The summed E-state index contributed by atoms with van der Waals surface area (Å²) < 4.78 is 0. The zero-order valence-corrected chi connectivity index (χ0v) is 10.3. The predicted molar refractivity (Wildman–Crippen MR) is 68.2 cm³/mol. The van der Waals surface area contributed by atoms with Gasteiger partial charge in [-0.05, 0) is 32.4 Å². The Morgan fingerprint density at radius 2 is 2.07 bits per heavy atom. The van der Waals surface area contributed by atoms with Crippen molar-refractivity contribution in [3.63, 3.8) is 0 Å². The smallest absolute Gasteiger partial charge is 0.0561 e. The van der Waals surface area contributed by atoms with Gasteiger partial charge in [0.1, 0.15) is 0 Å². The Kier molecular flexibility index (Phi) is 3.71. The maximum absolute atomic E-state index is 2.51. The van der Waals surface area contributed by atoms with Gasteiger partial charge in [0.2, 0.25) is 0 Å². The largest absolute Gasteiger partial charge is 0.291 e. The summed E-state index contributed by atoms with van der Waals surface area (Å²) in [6.07, 6.45) is 2.48. The fraction of sp³-hybridized carbons (Fsp3) is 0.538. The summed E-state index contributed by atoms with van der Waals surface area (Å²) in [5, 5.41) is 0.722. The number of hydrogen-bond acceptors (Lipinski definition) is 2. The van der Waals surface area contributed by atoms with Gasteiger partial charge in [-0.2, -0.15) is 0 Å². The van der Waals surface area contributed by atoms with E-state index in [9.17, 15) is 0 Å². The van der Waals surface area contributed by atoms with Gasteiger partial charge in [0.15, 0.2) is 0 Å². The number of hydrogen-bond donors (Lipinski definition) is 0. The lowest BCUT2D eigenvalue weighted by atomic mass is 10.1. The zero-order valence-electron chi connectivity index (χ0n) is 9.52. The van der Waals surface area contributed by atoms with Crippen LogP contribution in [0.3, 0.4) is 0 Å². The SMILES string of the molecule is CC1CSC(CCc2ccccc2)N1C. The van der Waals surface area contributed by atoms with Crippen LogP contribution < -0.4 is 0 Å². The van der Waals surface area contributed by atoms with E-state index < -0.39 is 0 Å². The zero-order chi connectivity index (χ0) is 10.7. The van der Waals surface area contributed by atoms with Crippen LogP contribution in [-0.4, -0.2) is 29.1 Å². The van der Waals surface area contributed by atoms with Gasteiger partial charge >= 0.3 is 0 Å². The fourth-order valence-corrected chi connectivity index (χ4v) is 3.45. The monoisotopic (exact) mass is 221 g/mol. The average molecular weight is 221 g/mol. The van der Waals surface area contributed by atoms with Crippen molar-refractivity contribution in [2.24, 2.45) is 0 Å². The van der Waals surface area contributed by atoms with E-state index in [0.29, 0.717) is 0 Å². The molecule has 1 aromatic rings. The van der Waals surface area contributed by atoms with Crippen LogP contribution in [0.5, 0.6) is 0 Å². The lowest BCUT2D eigenvalue weighted by Gasteiger charge is -2.21. The molecule has 1 aromatic carbocycles. The Morgan fingerprint density at radius 3 is 2.67 bits per heavy atom. The highest BCUT2D eigenvalue weighted by Gasteiger charge is 2.27. The van der Waals surface area contributed by atoms with Crippen molar-refractivity contribution < 1.29 is 0 Å². The summed E-state index contributed by atoms with van der Waals surface area (Å²) in [5.74, 6) is 1.29. The van der Waals surface area contributed by atoms with E-state index in [2.05, 4.69) is 61.0 Å². The van der Waals surface area contributed by atoms with Crippen molar-refractivity contribution in [3.05, 3.63) is 35.9 Å². The van der Waals surface area contributed by atoms with Gasteiger partial charge in [-0.25, -0.2) is 0 Å². The molecule has 2 atom stereocenters. The molecule has 2 unspecified atom stereocenters. The molecule has 0 radical (unpaired) electrons. The molecule has 0 N–H and O–H groups in total. The second-order valence-corrected chi connectivity index (χ2v) is 5.54. The molecule has 1 saturated heterocycles. The van der Waals surface area contributed by atoms with E-state index in [1.807, 2.05) is 0 Å². The van der Waals surface area contributed by atoms with Gasteiger partial charge in [-0.3, -0.25) is 4.90 Å². The fourth-order valence-electron chi connectivity index (χ4n) is 1.99. The number of benzene rings is 1. The minimum absolute atomic E-state index is 0.722. The van der Waals surface area contributed by atoms with Crippen LogP contribution in [0, 0.1) is 0 Å². The van der Waals surface area contributed by atoms with E-state index in [0.717, 1.165) is 11.4 Å². The molecule has 2 rings (SSSR count). The van der Waals surface area contributed by atoms with Gasteiger partial charge in [0, 0.05) is 11.8 Å². The van der Waals surface area contributed by atoms with Crippen molar-refractivity contribution in [2.75, 3.05) is 12.8 Å². The summed E-state index contributed by atoms with van der Waals surface area (Å²) in [6, 6.07) is 11.5. The first-order valence-corrected chi connectivity index (χ1v) is 6.69. The third-order valence-corrected chi connectivity index (χ3v) is 4.83. The molecule has 0 aliphatic carbocycles. The van der Waals surface area contributed by atoms with Gasteiger partial charge < -0.3 is 0 Å². The van der Waals surface area contributed by atoms with E-state index in [4.69, 9.17) is 0 Å². The Morgan fingerprint density at radius 1 is 1.33 bits per heavy atom. The Hall–Kier alpha value is -0.470. The van der Waals surface area contributed by atoms with E-state index in [1.54, 1.807) is 0 Å². The third-order valence-electron chi connectivity index (χ3n) is 3.20. The minimum Gasteiger partial charge on any atom is -0.291 e. The normalized spacial score (nSPS) is 27.1. The number of thioether (sulfide) groups is 1. The van der Waals surface area contributed by atoms with Gasteiger partial charge in [0.05, 0.1) is 5.37 Å². The molecule has 0 bridgehead atoms. The Balaban J connectivity index is 1.84. The van der Waals surface area contributed by atoms with Crippen molar-refractivity contribution in [1.82, 2.24) is 4.90 Å². The number of nitrogens with zero attached hydrogens (tertiary/aromatic N) is 1. The van der Waals surface area contributed by atoms with Crippen LogP contribution in [-0.2, 0) is 6.42 Å². The molecular formula is C13H19NS. The summed E-state index contributed by atoms with van der Waals surface area (Å²) in [7, 11) is 2.25. The summed E-state index contributed by atoms with van der Waals surface area (Å²) >= 11 is 2.10. The van der Waals surface area contributed by atoms with Crippen LogP contribution >= 0.6 is 11.8 Å². The molecule has 0 saturated carbocycles. The molecule has 82 valence electrons. The standard InChI is InChI=1S/C13H19NS/c1-11-10-15-13(14(11)2)9-8-12-6-4-3-5-7-12/h3-7,11,13H,8-10H2,1-2H3. The minimum atomic E-state index is 0.722. The Bertz CT molecular complexity index is 299. The molecule has 0 amide bonds. The van der Waals surface area contributed by atoms with Crippen molar-refractivity contribution in [3.8, 4) is 0 Å². The van der Waals surface area contributed by atoms with Gasteiger partial charge in [0.25, 0.3) is 0 Å². The van der Waals surface area contributed by atoms with E-state index in [1.165, 1.54) is 24.2 Å². The van der Waals surface area contributed by atoms with Crippen LogP contribution in [0.15, 0.2) is 30.3 Å². The summed E-state index contributed by atoms with van der Waals surface area (Å²) in [6.45, 7) is 2.31. The molecular weight excluding hydrogens is 202 g/mol. The Labute approximate surface area is 96.9 Å². The third kappa shape index (κ3) is 2.76. The molecule has 1 aliphatic heterocycles. The van der Waals surface area contributed by atoms with E-state index >= 15 is 0 Å². The average Bonchev–Trinajstić information content (AvgIpc) is 2.59. The maximum Gasteiger partial charge on any atom is 0.0561 e. The quantitative estimate of drug-likeness (QED) is 0.772. The first kappa shape index (κ1) is 11.0. The van der Waals surface area contributed by atoms with Crippen LogP contribution in [0.1, 0.15) is 18.9 Å². The van der Waals surface area contributed by atoms with Gasteiger partial charge in [-0.15, -0.1) is 11.8 Å².